The Morgan fingerprint density at radius 2 is 2.00 bits per heavy atom. The van der Waals surface area contributed by atoms with Crippen molar-refractivity contribution in [1.82, 2.24) is 9.80 Å². The molecular weight excluding hydrogens is 221 g/mol. The van der Waals surface area contributed by atoms with Crippen LogP contribution in [0.2, 0.25) is 0 Å². The average molecular weight is 238 g/mol. The van der Waals surface area contributed by atoms with E-state index in [4.69, 9.17) is 0 Å². The maximum Gasteiger partial charge on any atom is 0.389 e. The summed E-state index contributed by atoms with van der Waals surface area (Å²) >= 11 is 0. The molecule has 3 atom stereocenters. The molecule has 0 aromatic rings. The number of piperazine rings is 1. The van der Waals surface area contributed by atoms with Crippen molar-refractivity contribution in [3.8, 4) is 0 Å². The van der Waals surface area contributed by atoms with E-state index in [1.54, 1.807) is 0 Å². The van der Waals surface area contributed by atoms with Gasteiger partial charge in [-0.25, -0.2) is 0 Å². The van der Waals surface area contributed by atoms with Gasteiger partial charge < -0.3 is 10.0 Å². The Morgan fingerprint density at radius 3 is 2.44 bits per heavy atom. The summed E-state index contributed by atoms with van der Waals surface area (Å²) in [5, 5.41) is 9.73. The maximum atomic E-state index is 12.0. The van der Waals surface area contributed by atoms with Crippen molar-refractivity contribution in [3.05, 3.63) is 0 Å². The summed E-state index contributed by atoms with van der Waals surface area (Å²) in [6.07, 6.45) is -5.25. The van der Waals surface area contributed by atoms with Gasteiger partial charge in [-0.2, -0.15) is 13.2 Å². The lowest BCUT2D eigenvalue weighted by Gasteiger charge is -2.35. The molecule has 0 radical (unpaired) electrons. The molecule has 0 saturated carbocycles. The van der Waals surface area contributed by atoms with Crippen molar-refractivity contribution in [1.29, 1.82) is 0 Å². The Labute approximate surface area is 92.8 Å². The molecule has 2 fully saturated rings. The largest absolute Gasteiger partial charge is 0.389 e. The molecule has 0 amide bonds. The number of hydrogen-bond donors (Lipinski definition) is 1. The van der Waals surface area contributed by atoms with E-state index in [-0.39, 0.29) is 12.5 Å². The Hall–Kier alpha value is -0.330. The minimum absolute atomic E-state index is 0.212. The Morgan fingerprint density at radius 1 is 1.31 bits per heavy atom. The minimum atomic E-state index is -4.17. The molecule has 2 aliphatic heterocycles. The van der Waals surface area contributed by atoms with Crippen LogP contribution in [0.25, 0.3) is 0 Å². The molecule has 3 nitrogen and oxygen atoms in total. The van der Waals surface area contributed by atoms with Gasteiger partial charge in [-0.3, -0.25) is 4.90 Å². The van der Waals surface area contributed by atoms with Gasteiger partial charge in [0.15, 0.2) is 0 Å². The number of alkyl halides is 3. The van der Waals surface area contributed by atoms with E-state index in [0.29, 0.717) is 12.6 Å². The molecule has 0 aliphatic carbocycles. The van der Waals surface area contributed by atoms with Crippen LogP contribution in [0.15, 0.2) is 0 Å². The molecule has 0 aromatic carbocycles. The number of fused-ring (bicyclic) bond motifs is 2. The van der Waals surface area contributed by atoms with Crippen molar-refractivity contribution < 1.29 is 18.3 Å². The highest BCUT2D eigenvalue weighted by Gasteiger charge is 2.44. The number of likely N-dealkylation sites (tertiary alicyclic amines) is 2. The van der Waals surface area contributed by atoms with E-state index >= 15 is 0 Å². The molecule has 1 N–H and O–H groups in total. The van der Waals surface area contributed by atoms with E-state index in [1.165, 1.54) is 0 Å². The predicted molar refractivity (Wildman–Crippen MR) is 52.8 cm³/mol. The summed E-state index contributed by atoms with van der Waals surface area (Å²) in [6.45, 7) is 1.55. The van der Waals surface area contributed by atoms with Crippen molar-refractivity contribution in [2.75, 3.05) is 20.1 Å². The van der Waals surface area contributed by atoms with Gasteiger partial charge in [0.1, 0.15) is 6.23 Å². The predicted octanol–water partition coefficient (Wildman–Crippen LogP) is 1.04. The van der Waals surface area contributed by atoms with Gasteiger partial charge >= 0.3 is 6.18 Å². The number of halogens is 3. The van der Waals surface area contributed by atoms with Crippen molar-refractivity contribution in [2.45, 2.75) is 43.8 Å². The first-order chi connectivity index (χ1) is 7.37. The molecular formula is C10H17F3N2O. The molecule has 3 unspecified atom stereocenters. The van der Waals surface area contributed by atoms with Gasteiger partial charge in [-0.15, -0.1) is 0 Å². The average Bonchev–Trinajstić information content (AvgIpc) is 2.71. The molecule has 2 aliphatic rings. The van der Waals surface area contributed by atoms with Crippen LogP contribution in [0, 0.1) is 0 Å². The SMILES string of the molecule is CN1CC2CC1CN2C(O)CCC(F)(F)F. The van der Waals surface area contributed by atoms with E-state index in [1.807, 2.05) is 11.9 Å². The van der Waals surface area contributed by atoms with Crippen LogP contribution in [0.3, 0.4) is 0 Å². The van der Waals surface area contributed by atoms with Gasteiger partial charge in [0, 0.05) is 31.6 Å². The minimum Gasteiger partial charge on any atom is -0.378 e. The monoisotopic (exact) mass is 238 g/mol. The lowest BCUT2D eigenvalue weighted by molar-refractivity contribution is -0.148. The zero-order valence-corrected chi connectivity index (χ0v) is 9.24. The number of likely N-dealkylation sites (N-methyl/N-ethyl adjacent to an activating group) is 1. The normalized spacial score (nSPS) is 33.6. The zero-order valence-electron chi connectivity index (χ0n) is 9.24. The number of rotatable bonds is 3. The Bertz CT molecular complexity index is 257. The highest BCUT2D eigenvalue weighted by atomic mass is 19.4. The Balaban J connectivity index is 1.81. The highest BCUT2D eigenvalue weighted by molar-refractivity contribution is 4.98. The second-order valence-electron chi connectivity index (χ2n) is 4.81. The molecule has 2 saturated heterocycles. The lowest BCUT2D eigenvalue weighted by atomic mass is 10.2. The summed E-state index contributed by atoms with van der Waals surface area (Å²) in [6, 6.07) is 0.642. The second kappa shape index (κ2) is 4.16. The van der Waals surface area contributed by atoms with Crippen molar-refractivity contribution >= 4 is 0 Å². The van der Waals surface area contributed by atoms with Crippen LogP contribution < -0.4 is 0 Å². The topological polar surface area (TPSA) is 26.7 Å². The van der Waals surface area contributed by atoms with Gasteiger partial charge in [0.05, 0.1) is 0 Å². The molecule has 94 valence electrons. The highest BCUT2D eigenvalue weighted by Crippen LogP contribution is 2.32. The molecule has 6 heteroatoms. The molecule has 16 heavy (non-hydrogen) atoms. The number of hydrogen-bond acceptors (Lipinski definition) is 3. The van der Waals surface area contributed by atoms with Crippen LogP contribution in [0.1, 0.15) is 19.3 Å². The molecule has 2 rings (SSSR count). The third-order valence-electron chi connectivity index (χ3n) is 3.63. The number of aliphatic hydroxyl groups is 1. The fourth-order valence-electron chi connectivity index (χ4n) is 2.72. The maximum absolute atomic E-state index is 12.0. The molecule has 2 bridgehead atoms. The summed E-state index contributed by atoms with van der Waals surface area (Å²) in [7, 11) is 2.02. The first kappa shape index (κ1) is 12.1. The second-order valence-corrected chi connectivity index (χ2v) is 4.81. The van der Waals surface area contributed by atoms with E-state index < -0.39 is 18.8 Å². The van der Waals surface area contributed by atoms with Crippen LogP contribution in [0.5, 0.6) is 0 Å². The third-order valence-corrected chi connectivity index (χ3v) is 3.63. The first-order valence-corrected chi connectivity index (χ1v) is 5.57. The van der Waals surface area contributed by atoms with Gasteiger partial charge in [-0.05, 0) is 19.9 Å². The van der Waals surface area contributed by atoms with E-state index in [0.717, 1.165) is 13.0 Å². The van der Waals surface area contributed by atoms with Gasteiger partial charge in [0.2, 0.25) is 0 Å². The summed E-state index contributed by atoms with van der Waals surface area (Å²) < 4.78 is 36.0. The first-order valence-electron chi connectivity index (χ1n) is 5.57. The van der Waals surface area contributed by atoms with E-state index in [9.17, 15) is 18.3 Å². The van der Waals surface area contributed by atoms with Crippen LogP contribution in [-0.2, 0) is 0 Å². The summed E-state index contributed by atoms with van der Waals surface area (Å²) in [5.74, 6) is 0. The summed E-state index contributed by atoms with van der Waals surface area (Å²) in [5.41, 5.74) is 0. The smallest absolute Gasteiger partial charge is 0.378 e. The summed E-state index contributed by atoms with van der Waals surface area (Å²) in [4.78, 5) is 4.02. The lowest BCUT2D eigenvalue weighted by Crippen LogP contribution is -2.49. The van der Waals surface area contributed by atoms with Crippen LogP contribution >= 0.6 is 0 Å². The Kier molecular flexibility index (Phi) is 3.16. The third kappa shape index (κ3) is 2.49. The molecule has 0 aromatic heterocycles. The van der Waals surface area contributed by atoms with Crippen molar-refractivity contribution in [2.24, 2.45) is 0 Å². The molecule has 2 heterocycles. The van der Waals surface area contributed by atoms with Gasteiger partial charge in [0.25, 0.3) is 0 Å². The van der Waals surface area contributed by atoms with E-state index in [2.05, 4.69) is 4.90 Å². The van der Waals surface area contributed by atoms with Gasteiger partial charge in [-0.1, -0.05) is 0 Å². The zero-order chi connectivity index (χ0) is 11.9. The standard InChI is InChI=1S/C10H17F3N2O/c1-14-5-8-4-7(14)6-15(8)9(16)2-3-10(11,12)13/h7-9,16H,2-6H2,1H3. The quantitative estimate of drug-likeness (QED) is 0.795. The number of nitrogens with zero attached hydrogens (tertiary/aromatic N) is 2. The van der Waals surface area contributed by atoms with Crippen molar-refractivity contribution in [3.63, 3.8) is 0 Å². The fraction of sp³-hybridized carbons (Fsp3) is 1.00. The molecule has 0 spiro atoms. The fourth-order valence-corrected chi connectivity index (χ4v) is 2.72. The number of aliphatic hydroxyl groups excluding tert-OH is 1. The van der Waals surface area contributed by atoms with Crippen LogP contribution in [0.4, 0.5) is 13.2 Å². The van der Waals surface area contributed by atoms with Crippen LogP contribution in [-0.4, -0.2) is 59.5 Å².